The molecule has 0 saturated heterocycles. The van der Waals surface area contributed by atoms with Crippen LogP contribution in [0.3, 0.4) is 0 Å². The highest BCUT2D eigenvalue weighted by Gasteiger charge is 2.06. The summed E-state index contributed by atoms with van der Waals surface area (Å²) in [6.07, 6.45) is 5.88. The van der Waals surface area contributed by atoms with Gasteiger partial charge in [0.1, 0.15) is 5.82 Å². The van der Waals surface area contributed by atoms with Crippen molar-refractivity contribution in [2.75, 3.05) is 13.1 Å². The molecule has 1 aromatic carbocycles. The van der Waals surface area contributed by atoms with Gasteiger partial charge in [-0.25, -0.2) is 14.4 Å². The Hall–Kier alpha value is -1.94. The van der Waals surface area contributed by atoms with Crippen LogP contribution in [0.4, 0.5) is 4.39 Å². The van der Waals surface area contributed by atoms with E-state index in [0.717, 1.165) is 31.0 Å². The number of nitrogens with one attached hydrogen (secondary N) is 2. The molecule has 3 aromatic rings. The SMILES string of the molecule is CCNC(=NCc1ccc(-n2ccnc2)c(F)c1)NCCc1cccs1.I. The summed E-state index contributed by atoms with van der Waals surface area (Å²) in [6, 6.07) is 9.34. The van der Waals surface area contributed by atoms with Crippen molar-refractivity contribution in [1.29, 1.82) is 0 Å². The lowest BCUT2D eigenvalue weighted by molar-refractivity contribution is 0.615. The smallest absolute Gasteiger partial charge is 0.191 e. The molecule has 0 aliphatic carbocycles. The van der Waals surface area contributed by atoms with Crippen LogP contribution in [-0.4, -0.2) is 28.6 Å². The molecule has 0 spiro atoms. The third-order valence-electron chi connectivity index (χ3n) is 3.80. The van der Waals surface area contributed by atoms with Crippen LogP contribution in [0.1, 0.15) is 17.4 Å². The number of hydrogen-bond acceptors (Lipinski definition) is 3. The van der Waals surface area contributed by atoms with Crippen molar-refractivity contribution in [3.05, 3.63) is 70.7 Å². The Morgan fingerprint density at radius 2 is 2.19 bits per heavy atom. The van der Waals surface area contributed by atoms with Gasteiger partial charge in [-0.2, -0.15) is 0 Å². The van der Waals surface area contributed by atoms with Gasteiger partial charge < -0.3 is 15.2 Å². The van der Waals surface area contributed by atoms with Gasteiger partial charge in [-0.05, 0) is 42.5 Å². The second-order valence-electron chi connectivity index (χ2n) is 5.71. The number of benzene rings is 1. The molecule has 2 heterocycles. The van der Waals surface area contributed by atoms with E-state index in [4.69, 9.17) is 0 Å². The first kappa shape index (κ1) is 21.4. The minimum absolute atomic E-state index is 0. The average Bonchev–Trinajstić information content (AvgIpc) is 3.33. The number of imidazole rings is 1. The first-order valence-electron chi connectivity index (χ1n) is 8.57. The standard InChI is InChI=1S/C19H22FN5S.HI/c1-2-22-19(23-8-7-16-4-3-11-26-16)24-13-15-5-6-18(17(20)12-15)25-10-9-21-14-25;/h3-6,9-12,14H,2,7-8,13H2,1H3,(H2,22,23,24);1H. The van der Waals surface area contributed by atoms with Crippen molar-refractivity contribution in [1.82, 2.24) is 20.2 Å². The molecule has 144 valence electrons. The van der Waals surface area contributed by atoms with Gasteiger partial charge in [0.25, 0.3) is 0 Å². The highest BCUT2D eigenvalue weighted by Crippen LogP contribution is 2.15. The van der Waals surface area contributed by atoms with Gasteiger partial charge in [0.05, 0.1) is 18.6 Å². The number of aliphatic imine (C=N–C) groups is 1. The predicted octanol–water partition coefficient (Wildman–Crippen LogP) is 3.99. The van der Waals surface area contributed by atoms with Crippen LogP contribution in [0.15, 0.2) is 59.4 Å². The Morgan fingerprint density at radius 3 is 2.85 bits per heavy atom. The second kappa shape index (κ2) is 11.0. The molecule has 0 aliphatic rings. The highest BCUT2D eigenvalue weighted by molar-refractivity contribution is 14.0. The van der Waals surface area contributed by atoms with Crippen molar-refractivity contribution in [2.24, 2.45) is 4.99 Å². The van der Waals surface area contributed by atoms with Crippen LogP contribution in [-0.2, 0) is 13.0 Å². The van der Waals surface area contributed by atoms with E-state index >= 15 is 0 Å². The average molecular weight is 499 g/mol. The number of hydrogen-bond donors (Lipinski definition) is 2. The third kappa shape index (κ3) is 6.31. The van der Waals surface area contributed by atoms with E-state index in [1.807, 2.05) is 13.0 Å². The minimum Gasteiger partial charge on any atom is -0.357 e. The summed E-state index contributed by atoms with van der Waals surface area (Å²) < 4.78 is 16.0. The number of thiophene rings is 1. The molecule has 0 unspecified atom stereocenters. The molecule has 0 fully saturated rings. The van der Waals surface area contributed by atoms with Gasteiger partial charge in [-0.3, -0.25) is 0 Å². The quantitative estimate of drug-likeness (QED) is 0.294. The summed E-state index contributed by atoms with van der Waals surface area (Å²) in [5, 5.41) is 8.61. The molecule has 5 nitrogen and oxygen atoms in total. The van der Waals surface area contributed by atoms with Gasteiger partial charge in [-0.15, -0.1) is 35.3 Å². The van der Waals surface area contributed by atoms with Gasteiger partial charge in [0.15, 0.2) is 5.96 Å². The van der Waals surface area contributed by atoms with E-state index in [0.29, 0.717) is 12.2 Å². The van der Waals surface area contributed by atoms with Crippen LogP contribution in [0.2, 0.25) is 0 Å². The van der Waals surface area contributed by atoms with Crippen LogP contribution < -0.4 is 10.6 Å². The summed E-state index contributed by atoms with van der Waals surface area (Å²) in [7, 11) is 0. The maximum atomic E-state index is 14.3. The molecule has 8 heteroatoms. The van der Waals surface area contributed by atoms with Gasteiger partial charge in [0, 0.05) is 30.4 Å². The summed E-state index contributed by atoms with van der Waals surface area (Å²) in [4.78, 5) is 9.83. The monoisotopic (exact) mass is 499 g/mol. The zero-order valence-electron chi connectivity index (χ0n) is 15.1. The van der Waals surface area contributed by atoms with E-state index in [-0.39, 0.29) is 29.8 Å². The molecule has 0 atom stereocenters. The molecule has 27 heavy (non-hydrogen) atoms. The minimum atomic E-state index is -0.286. The van der Waals surface area contributed by atoms with Gasteiger partial charge >= 0.3 is 0 Å². The lowest BCUT2D eigenvalue weighted by Crippen LogP contribution is -2.38. The molecule has 2 N–H and O–H groups in total. The second-order valence-corrected chi connectivity index (χ2v) is 6.74. The first-order chi connectivity index (χ1) is 12.8. The molecular formula is C19H23FIN5S. The molecule has 0 saturated carbocycles. The fourth-order valence-corrected chi connectivity index (χ4v) is 3.24. The fraction of sp³-hybridized carbons (Fsp3) is 0.263. The maximum Gasteiger partial charge on any atom is 0.191 e. The van der Waals surface area contributed by atoms with E-state index in [2.05, 4.69) is 38.1 Å². The summed E-state index contributed by atoms with van der Waals surface area (Å²) in [6.45, 7) is 4.02. The zero-order chi connectivity index (χ0) is 18.2. The van der Waals surface area contributed by atoms with Crippen LogP contribution in [0.5, 0.6) is 0 Å². The molecule has 3 rings (SSSR count). The molecular weight excluding hydrogens is 476 g/mol. The Labute approximate surface area is 179 Å². The lowest BCUT2D eigenvalue weighted by Gasteiger charge is -2.11. The summed E-state index contributed by atoms with van der Waals surface area (Å²) in [5.74, 6) is 0.453. The number of guanidine groups is 1. The van der Waals surface area contributed by atoms with Crippen molar-refractivity contribution in [2.45, 2.75) is 19.9 Å². The number of nitrogens with zero attached hydrogens (tertiary/aromatic N) is 3. The van der Waals surface area contributed by atoms with Crippen LogP contribution in [0.25, 0.3) is 5.69 Å². The van der Waals surface area contributed by atoms with Crippen molar-refractivity contribution >= 4 is 41.3 Å². The summed E-state index contributed by atoms with van der Waals surface area (Å²) >= 11 is 1.75. The molecule has 0 aliphatic heterocycles. The normalized spacial score (nSPS) is 11.1. The molecule has 0 bridgehead atoms. The Kier molecular flexibility index (Phi) is 8.73. The predicted molar refractivity (Wildman–Crippen MR) is 120 cm³/mol. The fourth-order valence-electron chi connectivity index (χ4n) is 2.53. The van der Waals surface area contributed by atoms with E-state index in [1.54, 1.807) is 40.7 Å². The molecule has 2 aromatic heterocycles. The number of aromatic nitrogens is 2. The van der Waals surface area contributed by atoms with Crippen LogP contribution in [0, 0.1) is 5.82 Å². The molecule has 0 radical (unpaired) electrons. The van der Waals surface area contributed by atoms with Crippen LogP contribution >= 0.6 is 35.3 Å². The van der Waals surface area contributed by atoms with Crippen molar-refractivity contribution in [3.8, 4) is 5.69 Å². The third-order valence-corrected chi connectivity index (χ3v) is 4.74. The van der Waals surface area contributed by atoms with Crippen molar-refractivity contribution < 1.29 is 4.39 Å². The van der Waals surface area contributed by atoms with E-state index in [9.17, 15) is 4.39 Å². The topological polar surface area (TPSA) is 54.2 Å². The van der Waals surface area contributed by atoms with E-state index in [1.165, 1.54) is 10.9 Å². The van der Waals surface area contributed by atoms with Gasteiger partial charge in [-0.1, -0.05) is 12.1 Å². The number of halogens is 2. The zero-order valence-corrected chi connectivity index (χ0v) is 18.2. The number of rotatable bonds is 7. The summed E-state index contributed by atoms with van der Waals surface area (Å²) in [5.41, 5.74) is 1.30. The Morgan fingerprint density at radius 1 is 1.30 bits per heavy atom. The van der Waals surface area contributed by atoms with E-state index < -0.39 is 0 Å². The van der Waals surface area contributed by atoms with Gasteiger partial charge in [0.2, 0.25) is 0 Å². The maximum absolute atomic E-state index is 14.3. The Balaban J connectivity index is 0.00000261. The highest BCUT2D eigenvalue weighted by atomic mass is 127. The first-order valence-corrected chi connectivity index (χ1v) is 9.45. The van der Waals surface area contributed by atoms with Crippen molar-refractivity contribution in [3.63, 3.8) is 0 Å². The Bertz CT molecular complexity index is 834. The lowest BCUT2D eigenvalue weighted by atomic mass is 10.2. The largest absolute Gasteiger partial charge is 0.357 e. The molecule has 0 amide bonds.